The van der Waals surface area contributed by atoms with E-state index >= 15 is 0 Å². The van der Waals surface area contributed by atoms with Crippen molar-refractivity contribution < 1.29 is 14.3 Å². The highest BCUT2D eigenvalue weighted by Gasteiger charge is 2.28. The highest BCUT2D eigenvalue weighted by Crippen LogP contribution is 2.32. The van der Waals surface area contributed by atoms with Gasteiger partial charge in [0.05, 0.1) is 0 Å². The summed E-state index contributed by atoms with van der Waals surface area (Å²) in [5.41, 5.74) is 1.98. The number of ether oxygens (including phenoxy) is 2. The molecule has 1 atom stereocenters. The van der Waals surface area contributed by atoms with Crippen molar-refractivity contribution >= 4 is 5.91 Å². The molecule has 1 amide bonds. The van der Waals surface area contributed by atoms with Crippen LogP contribution in [0.5, 0.6) is 11.6 Å². The molecule has 1 aliphatic heterocycles. The molecule has 2 heterocycles. The first-order chi connectivity index (χ1) is 12.2. The third-order valence-electron chi connectivity index (χ3n) is 4.36. The Balaban J connectivity index is 1.77. The molecule has 6 nitrogen and oxygen atoms in total. The van der Waals surface area contributed by atoms with Crippen LogP contribution in [0.4, 0.5) is 0 Å². The second-order valence-corrected chi connectivity index (χ2v) is 6.27. The van der Waals surface area contributed by atoms with Crippen molar-refractivity contribution in [3.05, 3.63) is 47.9 Å². The fourth-order valence-corrected chi connectivity index (χ4v) is 3.05. The number of aromatic nitrogens is 2. The molecule has 0 radical (unpaired) electrons. The quantitative estimate of drug-likeness (QED) is 0.837. The number of benzene rings is 1. The smallest absolute Gasteiger partial charge is 0.248 e. The van der Waals surface area contributed by atoms with Crippen molar-refractivity contribution in [3.63, 3.8) is 0 Å². The van der Waals surface area contributed by atoms with Gasteiger partial charge >= 0.3 is 0 Å². The first kappa shape index (κ1) is 17.4. The van der Waals surface area contributed by atoms with Gasteiger partial charge in [-0.25, -0.2) is 4.98 Å². The summed E-state index contributed by atoms with van der Waals surface area (Å²) in [6.07, 6.45) is 5.19. The van der Waals surface area contributed by atoms with E-state index in [2.05, 4.69) is 9.97 Å². The molecule has 0 bridgehead atoms. The van der Waals surface area contributed by atoms with Gasteiger partial charge in [-0.1, -0.05) is 17.7 Å². The summed E-state index contributed by atoms with van der Waals surface area (Å²) in [6, 6.07) is 7.83. The lowest BCUT2D eigenvalue weighted by molar-refractivity contribution is -0.136. The molecule has 132 valence electrons. The minimum absolute atomic E-state index is 0.0112. The predicted molar refractivity (Wildman–Crippen MR) is 93.7 cm³/mol. The molecular weight excluding hydrogens is 318 g/mol. The van der Waals surface area contributed by atoms with Gasteiger partial charge < -0.3 is 14.4 Å². The largest absolute Gasteiger partial charge is 0.437 e. The van der Waals surface area contributed by atoms with E-state index in [-0.39, 0.29) is 18.4 Å². The molecule has 2 aromatic rings. The summed E-state index contributed by atoms with van der Waals surface area (Å²) in [5, 5.41) is 0. The normalized spacial score (nSPS) is 17.4. The lowest BCUT2D eigenvalue weighted by Gasteiger charge is -2.32. The molecule has 0 unspecified atom stereocenters. The molecule has 1 fully saturated rings. The van der Waals surface area contributed by atoms with Crippen LogP contribution >= 0.6 is 0 Å². The number of hydrogen-bond acceptors (Lipinski definition) is 5. The zero-order valence-corrected chi connectivity index (χ0v) is 14.6. The number of amides is 1. The zero-order valence-electron chi connectivity index (χ0n) is 14.6. The number of rotatable bonds is 5. The third-order valence-corrected chi connectivity index (χ3v) is 4.36. The highest BCUT2D eigenvalue weighted by molar-refractivity contribution is 5.77. The molecule has 3 rings (SSSR count). The van der Waals surface area contributed by atoms with E-state index in [4.69, 9.17) is 9.47 Å². The van der Waals surface area contributed by atoms with E-state index in [0.717, 1.165) is 30.8 Å². The van der Waals surface area contributed by atoms with Crippen LogP contribution < -0.4 is 4.74 Å². The summed E-state index contributed by atoms with van der Waals surface area (Å²) in [4.78, 5) is 22.8. The maximum absolute atomic E-state index is 12.1. The molecule has 0 aliphatic carbocycles. The van der Waals surface area contributed by atoms with Crippen LogP contribution in [0.2, 0.25) is 0 Å². The maximum Gasteiger partial charge on any atom is 0.248 e. The summed E-state index contributed by atoms with van der Waals surface area (Å²) < 4.78 is 10.9. The molecule has 0 N–H and O–H groups in total. The van der Waals surface area contributed by atoms with Crippen molar-refractivity contribution in [2.75, 3.05) is 26.8 Å². The molecular formula is C19H23N3O3. The van der Waals surface area contributed by atoms with E-state index < -0.39 is 0 Å². The third kappa shape index (κ3) is 4.33. The van der Waals surface area contributed by atoms with E-state index in [1.54, 1.807) is 12.4 Å². The Bertz CT molecular complexity index is 718. The second kappa shape index (κ2) is 8.07. The standard InChI is InChI=1S/C19H23N3O3/c1-14-5-7-16(8-6-14)25-19-18(20-9-10-21-19)15-4-3-11-22(12-15)17(23)13-24-2/h5-10,15H,3-4,11-13H2,1-2H3/t15-/m1/s1. The average Bonchev–Trinajstić information content (AvgIpc) is 2.64. The molecule has 0 saturated carbocycles. The fourth-order valence-electron chi connectivity index (χ4n) is 3.05. The molecule has 1 saturated heterocycles. The van der Waals surface area contributed by atoms with Crippen LogP contribution in [0.25, 0.3) is 0 Å². The van der Waals surface area contributed by atoms with Crippen LogP contribution in [-0.2, 0) is 9.53 Å². The monoisotopic (exact) mass is 341 g/mol. The number of aryl methyl sites for hydroxylation is 1. The Morgan fingerprint density at radius 3 is 2.76 bits per heavy atom. The first-order valence-corrected chi connectivity index (χ1v) is 8.49. The summed E-state index contributed by atoms with van der Waals surface area (Å²) in [7, 11) is 1.54. The number of hydrogen-bond donors (Lipinski definition) is 0. The molecule has 6 heteroatoms. The second-order valence-electron chi connectivity index (χ2n) is 6.27. The number of methoxy groups -OCH3 is 1. The van der Waals surface area contributed by atoms with E-state index in [9.17, 15) is 4.79 Å². The summed E-state index contributed by atoms with van der Waals surface area (Å²) in [5.74, 6) is 1.37. The fraction of sp³-hybridized carbons (Fsp3) is 0.421. The van der Waals surface area contributed by atoms with E-state index in [0.29, 0.717) is 12.4 Å². The van der Waals surface area contributed by atoms with Gasteiger partial charge in [-0.05, 0) is 31.9 Å². The van der Waals surface area contributed by atoms with Crippen molar-refractivity contribution in [1.82, 2.24) is 14.9 Å². The summed E-state index contributed by atoms with van der Waals surface area (Å²) in [6.45, 7) is 3.52. The Hall–Kier alpha value is -2.47. The predicted octanol–water partition coefficient (Wildman–Crippen LogP) is 2.93. The van der Waals surface area contributed by atoms with Gasteiger partial charge in [0.2, 0.25) is 11.8 Å². The van der Waals surface area contributed by atoms with Gasteiger partial charge in [0, 0.05) is 38.5 Å². The lowest BCUT2D eigenvalue weighted by atomic mass is 9.94. The van der Waals surface area contributed by atoms with Crippen LogP contribution in [0.1, 0.15) is 30.0 Å². The van der Waals surface area contributed by atoms with Gasteiger partial charge in [-0.3, -0.25) is 9.78 Å². The number of carbonyl (C=O) groups excluding carboxylic acids is 1. The van der Waals surface area contributed by atoms with Gasteiger partial charge in [0.25, 0.3) is 0 Å². The molecule has 1 aromatic carbocycles. The van der Waals surface area contributed by atoms with Crippen LogP contribution in [-0.4, -0.2) is 47.6 Å². The lowest BCUT2D eigenvalue weighted by Crippen LogP contribution is -2.41. The SMILES string of the molecule is COCC(=O)N1CCC[C@@H](c2nccnc2Oc2ccc(C)cc2)C1. The van der Waals surface area contributed by atoms with Gasteiger partial charge in [-0.2, -0.15) is 0 Å². The van der Waals surface area contributed by atoms with Crippen molar-refractivity contribution in [1.29, 1.82) is 0 Å². The molecule has 1 aliphatic rings. The molecule has 0 spiro atoms. The number of likely N-dealkylation sites (tertiary alicyclic amines) is 1. The topological polar surface area (TPSA) is 64.5 Å². The first-order valence-electron chi connectivity index (χ1n) is 8.49. The number of carbonyl (C=O) groups is 1. The average molecular weight is 341 g/mol. The van der Waals surface area contributed by atoms with Crippen LogP contribution in [0.3, 0.4) is 0 Å². The highest BCUT2D eigenvalue weighted by atomic mass is 16.5. The Kier molecular flexibility index (Phi) is 5.60. The van der Waals surface area contributed by atoms with Crippen molar-refractivity contribution in [3.8, 4) is 11.6 Å². The van der Waals surface area contributed by atoms with Crippen LogP contribution in [0.15, 0.2) is 36.7 Å². The Morgan fingerprint density at radius 1 is 1.24 bits per heavy atom. The zero-order chi connectivity index (χ0) is 17.6. The van der Waals surface area contributed by atoms with Gasteiger partial charge in [0.1, 0.15) is 18.1 Å². The van der Waals surface area contributed by atoms with Crippen molar-refractivity contribution in [2.45, 2.75) is 25.7 Å². The number of nitrogens with zero attached hydrogens (tertiary/aromatic N) is 3. The minimum atomic E-state index is 0.0112. The Morgan fingerprint density at radius 2 is 2.00 bits per heavy atom. The summed E-state index contributed by atoms with van der Waals surface area (Å²) >= 11 is 0. The minimum Gasteiger partial charge on any atom is -0.437 e. The van der Waals surface area contributed by atoms with E-state index in [1.807, 2.05) is 36.1 Å². The molecule has 25 heavy (non-hydrogen) atoms. The Labute approximate surface area is 147 Å². The number of piperidine rings is 1. The van der Waals surface area contributed by atoms with Gasteiger partial charge in [0.15, 0.2) is 0 Å². The maximum atomic E-state index is 12.1. The van der Waals surface area contributed by atoms with Gasteiger partial charge in [-0.15, -0.1) is 0 Å². The van der Waals surface area contributed by atoms with Crippen molar-refractivity contribution in [2.24, 2.45) is 0 Å². The van der Waals surface area contributed by atoms with E-state index in [1.165, 1.54) is 12.7 Å². The van der Waals surface area contributed by atoms with Crippen LogP contribution in [0, 0.1) is 6.92 Å². The molecule has 1 aromatic heterocycles.